The molecule has 0 radical (unpaired) electrons. The van der Waals surface area contributed by atoms with E-state index in [2.05, 4.69) is 4.98 Å². The summed E-state index contributed by atoms with van der Waals surface area (Å²) in [7, 11) is 0. The molecule has 0 fully saturated rings. The van der Waals surface area contributed by atoms with Crippen molar-refractivity contribution in [2.45, 2.75) is 12.7 Å². The molecular weight excluding hydrogens is 303 g/mol. The van der Waals surface area contributed by atoms with Crippen molar-refractivity contribution in [2.75, 3.05) is 0 Å². The number of aromatic nitrogens is 2. The number of hydrogen-bond acceptors (Lipinski definition) is 1. The van der Waals surface area contributed by atoms with Gasteiger partial charge in [0.15, 0.2) is 11.6 Å². The van der Waals surface area contributed by atoms with Crippen LogP contribution < -0.4 is 0 Å². The van der Waals surface area contributed by atoms with Crippen LogP contribution in [0.5, 0.6) is 0 Å². The molecule has 114 valence electrons. The molecule has 0 atom stereocenters. The Labute approximate surface area is 121 Å². The number of rotatable bonds is 2. The second-order valence-electron chi connectivity index (χ2n) is 4.82. The fraction of sp³-hybridized carbons (Fsp3) is 0.133. The van der Waals surface area contributed by atoms with E-state index in [0.29, 0.717) is 11.1 Å². The second-order valence-corrected chi connectivity index (χ2v) is 4.82. The van der Waals surface area contributed by atoms with E-state index in [1.165, 1.54) is 18.5 Å². The number of benzene rings is 2. The van der Waals surface area contributed by atoms with Crippen molar-refractivity contribution in [1.29, 1.82) is 0 Å². The average Bonchev–Trinajstić information content (AvgIpc) is 2.81. The van der Waals surface area contributed by atoms with Crippen LogP contribution in [0.1, 0.15) is 11.1 Å². The van der Waals surface area contributed by atoms with Crippen LogP contribution in [0.4, 0.5) is 22.0 Å². The standard InChI is InChI=1S/C15H9F5N2/c16-11-5-13-14(6-12(11)17)22(8-21-13)7-9-1-3-10(4-2-9)15(18,19)20/h1-6,8H,7H2. The molecule has 0 unspecified atom stereocenters. The van der Waals surface area contributed by atoms with E-state index in [0.717, 1.165) is 24.3 Å². The highest BCUT2D eigenvalue weighted by Gasteiger charge is 2.29. The van der Waals surface area contributed by atoms with Crippen LogP contribution in [0.2, 0.25) is 0 Å². The molecule has 0 spiro atoms. The topological polar surface area (TPSA) is 17.8 Å². The first kappa shape index (κ1) is 14.5. The van der Waals surface area contributed by atoms with Gasteiger partial charge in [0, 0.05) is 18.7 Å². The zero-order valence-corrected chi connectivity index (χ0v) is 11.0. The number of hydrogen-bond donors (Lipinski definition) is 0. The highest BCUT2D eigenvalue weighted by atomic mass is 19.4. The van der Waals surface area contributed by atoms with Gasteiger partial charge >= 0.3 is 6.18 Å². The van der Waals surface area contributed by atoms with Gasteiger partial charge in [0.25, 0.3) is 0 Å². The van der Waals surface area contributed by atoms with E-state index in [-0.39, 0.29) is 12.1 Å². The number of imidazole rings is 1. The molecule has 0 bridgehead atoms. The molecule has 1 heterocycles. The average molecular weight is 312 g/mol. The first-order valence-corrected chi connectivity index (χ1v) is 6.30. The van der Waals surface area contributed by atoms with E-state index in [1.807, 2.05) is 0 Å². The molecule has 0 aliphatic heterocycles. The van der Waals surface area contributed by atoms with Gasteiger partial charge in [-0.3, -0.25) is 0 Å². The van der Waals surface area contributed by atoms with Gasteiger partial charge in [0.2, 0.25) is 0 Å². The largest absolute Gasteiger partial charge is 0.416 e. The Balaban J connectivity index is 1.92. The zero-order chi connectivity index (χ0) is 15.9. The maximum absolute atomic E-state index is 13.3. The zero-order valence-electron chi connectivity index (χ0n) is 11.0. The lowest BCUT2D eigenvalue weighted by Crippen LogP contribution is -2.05. The summed E-state index contributed by atoms with van der Waals surface area (Å²) in [4.78, 5) is 3.95. The van der Waals surface area contributed by atoms with Gasteiger partial charge in [0.05, 0.1) is 22.9 Å². The second kappa shape index (κ2) is 5.08. The van der Waals surface area contributed by atoms with Crippen LogP contribution in [-0.4, -0.2) is 9.55 Å². The van der Waals surface area contributed by atoms with Crippen molar-refractivity contribution in [3.05, 3.63) is 65.5 Å². The van der Waals surface area contributed by atoms with Crippen molar-refractivity contribution in [3.63, 3.8) is 0 Å². The molecule has 1 aromatic heterocycles. The summed E-state index contributed by atoms with van der Waals surface area (Å²) in [5.41, 5.74) is 0.515. The summed E-state index contributed by atoms with van der Waals surface area (Å²) in [6, 6.07) is 6.64. The number of fused-ring (bicyclic) bond motifs is 1. The minimum Gasteiger partial charge on any atom is -0.326 e. The molecule has 3 aromatic rings. The van der Waals surface area contributed by atoms with Crippen molar-refractivity contribution in [2.24, 2.45) is 0 Å². The first-order valence-electron chi connectivity index (χ1n) is 6.30. The normalized spacial score (nSPS) is 12.0. The minimum absolute atomic E-state index is 0.208. The van der Waals surface area contributed by atoms with Gasteiger partial charge in [-0.2, -0.15) is 13.2 Å². The summed E-state index contributed by atoms with van der Waals surface area (Å²) in [6.07, 6.45) is -3.00. The fourth-order valence-electron chi connectivity index (χ4n) is 2.18. The Kier molecular flexibility index (Phi) is 3.35. The van der Waals surface area contributed by atoms with E-state index < -0.39 is 23.4 Å². The third-order valence-corrected chi connectivity index (χ3v) is 3.30. The predicted molar refractivity (Wildman–Crippen MR) is 70.2 cm³/mol. The lowest BCUT2D eigenvalue weighted by atomic mass is 10.1. The van der Waals surface area contributed by atoms with Crippen LogP contribution in [0.15, 0.2) is 42.7 Å². The number of nitrogens with zero attached hydrogens (tertiary/aromatic N) is 2. The van der Waals surface area contributed by atoms with Crippen LogP contribution >= 0.6 is 0 Å². The summed E-state index contributed by atoms with van der Waals surface area (Å²) in [5.74, 6) is -1.99. The Morgan fingerprint density at radius 1 is 0.955 bits per heavy atom. The van der Waals surface area contributed by atoms with Gasteiger partial charge in [-0.15, -0.1) is 0 Å². The SMILES string of the molecule is Fc1cc2ncn(Cc3ccc(C(F)(F)F)cc3)c2cc1F. The summed E-state index contributed by atoms with van der Waals surface area (Å²) >= 11 is 0. The third-order valence-electron chi connectivity index (χ3n) is 3.30. The molecule has 0 saturated carbocycles. The molecule has 0 aliphatic carbocycles. The molecule has 0 N–H and O–H groups in total. The molecule has 0 aliphatic rings. The lowest BCUT2D eigenvalue weighted by Gasteiger charge is -2.08. The molecule has 2 aromatic carbocycles. The van der Waals surface area contributed by atoms with Crippen LogP contribution in [0.3, 0.4) is 0 Å². The van der Waals surface area contributed by atoms with Crippen molar-refractivity contribution < 1.29 is 22.0 Å². The monoisotopic (exact) mass is 312 g/mol. The Hall–Kier alpha value is -2.44. The third kappa shape index (κ3) is 2.66. The minimum atomic E-state index is -4.39. The van der Waals surface area contributed by atoms with Gasteiger partial charge < -0.3 is 4.57 Å². The van der Waals surface area contributed by atoms with E-state index in [1.54, 1.807) is 4.57 Å². The van der Waals surface area contributed by atoms with Crippen molar-refractivity contribution in [1.82, 2.24) is 9.55 Å². The highest BCUT2D eigenvalue weighted by Crippen LogP contribution is 2.29. The molecular formula is C15H9F5N2. The van der Waals surface area contributed by atoms with E-state index in [4.69, 9.17) is 0 Å². The first-order chi connectivity index (χ1) is 10.3. The molecule has 7 heteroatoms. The summed E-state index contributed by atoms with van der Waals surface area (Å²) in [6.45, 7) is 0.208. The fourth-order valence-corrected chi connectivity index (χ4v) is 2.18. The molecule has 0 saturated heterocycles. The summed E-state index contributed by atoms with van der Waals surface area (Å²) < 4.78 is 65.4. The van der Waals surface area contributed by atoms with Gasteiger partial charge in [0.1, 0.15) is 0 Å². The predicted octanol–water partition coefficient (Wildman–Crippen LogP) is 4.38. The molecule has 2 nitrogen and oxygen atoms in total. The Morgan fingerprint density at radius 3 is 2.23 bits per heavy atom. The number of alkyl halides is 3. The molecule has 0 amide bonds. The Morgan fingerprint density at radius 2 is 1.59 bits per heavy atom. The summed E-state index contributed by atoms with van der Waals surface area (Å²) in [5, 5.41) is 0. The Bertz CT molecular complexity index is 818. The highest BCUT2D eigenvalue weighted by molar-refractivity contribution is 5.75. The van der Waals surface area contributed by atoms with Gasteiger partial charge in [-0.05, 0) is 17.7 Å². The van der Waals surface area contributed by atoms with Crippen LogP contribution in [0, 0.1) is 11.6 Å². The molecule has 22 heavy (non-hydrogen) atoms. The maximum atomic E-state index is 13.3. The van der Waals surface area contributed by atoms with Gasteiger partial charge in [-0.1, -0.05) is 12.1 Å². The van der Waals surface area contributed by atoms with Crippen LogP contribution in [-0.2, 0) is 12.7 Å². The lowest BCUT2D eigenvalue weighted by molar-refractivity contribution is -0.137. The van der Waals surface area contributed by atoms with Crippen LogP contribution in [0.25, 0.3) is 11.0 Å². The number of halogens is 5. The van der Waals surface area contributed by atoms with E-state index >= 15 is 0 Å². The quantitative estimate of drug-likeness (QED) is 0.642. The van der Waals surface area contributed by atoms with Crippen molar-refractivity contribution in [3.8, 4) is 0 Å². The van der Waals surface area contributed by atoms with Crippen molar-refractivity contribution >= 4 is 11.0 Å². The smallest absolute Gasteiger partial charge is 0.326 e. The molecule has 3 rings (SSSR count). The van der Waals surface area contributed by atoms with E-state index in [9.17, 15) is 22.0 Å². The van der Waals surface area contributed by atoms with Gasteiger partial charge in [-0.25, -0.2) is 13.8 Å². The maximum Gasteiger partial charge on any atom is 0.416 e.